The molecule has 1 aromatic rings. The Morgan fingerprint density at radius 1 is 1.24 bits per heavy atom. The van der Waals surface area contributed by atoms with Gasteiger partial charge in [0.1, 0.15) is 5.82 Å². The van der Waals surface area contributed by atoms with E-state index in [1.807, 2.05) is 18.7 Å². The van der Waals surface area contributed by atoms with Crippen molar-refractivity contribution in [3.05, 3.63) is 35.6 Å². The molecule has 0 saturated carbocycles. The number of carbonyl (C=O) groups excluding carboxylic acids is 1. The highest BCUT2D eigenvalue weighted by Crippen LogP contribution is 2.33. The molecule has 2 N–H and O–H groups in total. The average Bonchev–Trinajstić information content (AvgIpc) is 2.98. The molecule has 1 fully saturated rings. The van der Waals surface area contributed by atoms with E-state index in [-0.39, 0.29) is 29.6 Å². The maximum atomic E-state index is 13.3. The SMILES string of the molecule is CC(C)CNC(=O)C1CN(C(=S)NC(C)C)CC1c1ccc(F)cc1. The number of amides is 1. The zero-order valence-electron chi connectivity index (χ0n) is 15.4. The smallest absolute Gasteiger partial charge is 0.225 e. The van der Waals surface area contributed by atoms with Gasteiger partial charge in [0.25, 0.3) is 0 Å². The number of likely N-dealkylation sites (tertiary alicyclic amines) is 1. The van der Waals surface area contributed by atoms with Gasteiger partial charge < -0.3 is 15.5 Å². The number of benzene rings is 1. The topological polar surface area (TPSA) is 44.4 Å². The summed E-state index contributed by atoms with van der Waals surface area (Å²) in [6, 6.07) is 6.68. The van der Waals surface area contributed by atoms with Crippen molar-refractivity contribution >= 4 is 23.2 Å². The molecule has 0 aromatic heterocycles. The van der Waals surface area contributed by atoms with Crippen molar-refractivity contribution in [2.24, 2.45) is 11.8 Å². The highest BCUT2D eigenvalue weighted by atomic mass is 32.1. The summed E-state index contributed by atoms with van der Waals surface area (Å²) in [6.45, 7) is 10.1. The lowest BCUT2D eigenvalue weighted by molar-refractivity contribution is -0.125. The molecule has 1 heterocycles. The first kappa shape index (κ1) is 19.6. The minimum absolute atomic E-state index is 0.000301. The fourth-order valence-corrected chi connectivity index (χ4v) is 3.44. The third-order valence-electron chi connectivity index (χ3n) is 4.34. The van der Waals surface area contributed by atoms with Crippen LogP contribution in [-0.4, -0.2) is 41.6 Å². The van der Waals surface area contributed by atoms with Gasteiger partial charge in [-0.2, -0.15) is 0 Å². The lowest BCUT2D eigenvalue weighted by Crippen LogP contribution is -2.42. The zero-order chi connectivity index (χ0) is 18.6. The van der Waals surface area contributed by atoms with Crippen molar-refractivity contribution in [1.82, 2.24) is 15.5 Å². The number of nitrogens with zero attached hydrogens (tertiary/aromatic N) is 1. The molecule has 0 aliphatic carbocycles. The largest absolute Gasteiger partial charge is 0.360 e. The molecular weight excluding hydrogens is 337 g/mol. The van der Waals surface area contributed by atoms with Gasteiger partial charge in [-0.15, -0.1) is 0 Å². The van der Waals surface area contributed by atoms with Gasteiger partial charge in [0.05, 0.1) is 5.92 Å². The fourth-order valence-electron chi connectivity index (χ4n) is 3.06. The molecule has 1 saturated heterocycles. The molecule has 25 heavy (non-hydrogen) atoms. The van der Waals surface area contributed by atoms with E-state index in [1.54, 1.807) is 12.1 Å². The number of carbonyl (C=O) groups is 1. The minimum atomic E-state index is -0.267. The molecule has 2 atom stereocenters. The van der Waals surface area contributed by atoms with Crippen LogP contribution in [0.25, 0.3) is 0 Å². The van der Waals surface area contributed by atoms with E-state index < -0.39 is 0 Å². The third-order valence-corrected chi connectivity index (χ3v) is 4.71. The molecule has 6 heteroatoms. The molecule has 1 aliphatic rings. The van der Waals surface area contributed by atoms with E-state index in [9.17, 15) is 9.18 Å². The van der Waals surface area contributed by atoms with E-state index in [1.165, 1.54) is 12.1 Å². The lowest BCUT2D eigenvalue weighted by atomic mass is 9.88. The van der Waals surface area contributed by atoms with Crippen LogP contribution in [0.1, 0.15) is 39.2 Å². The second-order valence-electron chi connectivity index (χ2n) is 7.41. The van der Waals surface area contributed by atoms with Crippen molar-refractivity contribution in [1.29, 1.82) is 0 Å². The molecule has 1 aromatic carbocycles. The van der Waals surface area contributed by atoms with Crippen LogP contribution in [-0.2, 0) is 4.79 Å². The molecule has 0 spiro atoms. The van der Waals surface area contributed by atoms with E-state index >= 15 is 0 Å². The van der Waals surface area contributed by atoms with Crippen LogP contribution in [0, 0.1) is 17.7 Å². The van der Waals surface area contributed by atoms with Gasteiger partial charge in [-0.25, -0.2) is 4.39 Å². The number of hydrogen-bond acceptors (Lipinski definition) is 2. The van der Waals surface area contributed by atoms with Gasteiger partial charge in [-0.3, -0.25) is 4.79 Å². The normalized spacial score (nSPS) is 20.2. The van der Waals surface area contributed by atoms with Gasteiger partial charge in [0, 0.05) is 31.6 Å². The monoisotopic (exact) mass is 365 g/mol. The van der Waals surface area contributed by atoms with Gasteiger partial charge in [0.15, 0.2) is 5.11 Å². The molecule has 138 valence electrons. The third kappa shape index (κ3) is 5.39. The van der Waals surface area contributed by atoms with Crippen LogP contribution in [0.5, 0.6) is 0 Å². The van der Waals surface area contributed by atoms with E-state index in [2.05, 4.69) is 24.5 Å². The second kappa shape index (κ2) is 8.61. The molecule has 0 radical (unpaired) electrons. The van der Waals surface area contributed by atoms with E-state index in [0.717, 1.165) is 5.56 Å². The van der Waals surface area contributed by atoms with Crippen LogP contribution in [0.4, 0.5) is 4.39 Å². The summed E-state index contributed by atoms with van der Waals surface area (Å²) in [6.07, 6.45) is 0. The Morgan fingerprint density at radius 3 is 2.44 bits per heavy atom. The van der Waals surface area contributed by atoms with Crippen molar-refractivity contribution in [3.63, 3.8) is 0 Å². The quantitative estimate of drug-likeness (QED) is 0.788. The molecule has 0 bridgehead atoms. The summed E-state index contributed by atoms with van der Waals surface area (Å²) in [5.74, 6) is -0.0283. The maximum Gasteiger partial charge on any atom is 0.225 e. The van der Waals surface area contributed by atoms with Gasteiger partial charge >= 0.3 is 0 Å². The molecular formula is C19H28FN3OS. The van der Waals surface area contributed by atoms with Crippen molar-refractivity contribution in [2.75, 3.05) is 19.6 Å². The first-order valence-corrected chi connectivity index (χ1v) is 9.27. The van der Waals surface area contributed by atoms with Gasteiger partial charge in [-0.1, -0.05) is 26.0 Å². The molecule has 2 unspecified atom stereocenters. The summed E-state index contributed by atoms with van der Waals surface area (Å²) in [4.78, 5) is 14.8. The summed E-state index contributed by atoms with van der Waals surface area (Å²) >= 11 is 5.48. The average molecular weight is 366 g/mol. The number of rotatable bonds is 5. The summed E-state index contributed by atoms with van der Waals surface area (Å²) < 4.78 is 13.3. The Bertz CT molecular complexity index is 603. The standard InChI is InChI=1S/C19H28FN3OS/c1-12(2)9-21-18(24)17-11-23(19(25)22-13(3)4)10-16(17)14-5-7-15(20)8-6-14/h5-8,12-13,16-17H,9-11H2,1-4H3,(H,21,24)(H,22,25). The Labute approximate surface area is 155 Å². The maximum absolute atomic E-state index is 13.3. The van der Waals surface area contributed by atoms with E-state index in [4.69, 9.17) is 12.2 Å². The zero-order valence-corrected chi connectivity index (χ0v) is 16.2. The Balaban J connectivity index is 2.17. The second-order valence-corrected chi connectivity index (χ2v) is 7.80. The molecule has 1 amide bonds. The summed E-state index contributed by atoms with van der Waals surface area (Å²) in [5.41, 5.74) is 0.973. The number of nitrogens with one attached hydrogen (secondary N) is 2. The number of thiocarbonyl (C=S) groups is 1. The van der Waals surface area contributed by atoms with Crippen molar-refractivity contribution in [3.8, 4) is 0 Å². The lowest BCUT2D eigenvalue weighted by Gasteiger charge is -2.22. The highest BCUT2D eigenvalue weighted by Gasteiger charge is 2.39. The van der Waals surface area contributed by atoms with Gasteiger partial charge in [-0.05, 0) is 49.7 Å². The molecule has 1 aliphatic heterocycles. The first-order chi connectivity index (χ1) is 11.8. The minimum Gasteiger partial charge on any atom is -0.360 e. The van der Waals surface area contributed by atoms with Crippen LogP contribution in [0.3, 0.4) is 0 Å². The van der Waals surface area contributed by atoms with Crippen LogP contribution >= 0.6 is 12.2 Å². The first-order valence-electron chi connectivity index (χ1n) is 8.86. The predicted molar refractivity (Wildman–Crippen MR) is 103 cm³/mol. The predicted octanol–water partition coefficient (Wildman–Crippen LogP) is 2.90. The molecule has 2 rings (SSSR count). The Morgan fingerprint density at radius 2 is 1.88 bits per heavy atom. The Hall–Kier alpha value is -1.69. The highest BCUT2D eigenvalue weighted by molar-refractivity contribution is 7.80. The van der Waals surface area contributed by atoms with Crippen molar-refractivity contribution < 1.29 is 9.18 Å². The van der Waals surface area contributed by atoms with Crippen LogP contribution in [0.15, 0.2) is 24.3 Å². The van der Waals surface area contributed by atoms with Crippen LogP contribution in [0.2, 0.25) is 0 Å². The number of halogens is 1. The van der Waals surface area contributed by atoms with Gasteiger partial charge in [0.2, 0.25) is 5.91 Å². The Kier molecular flexibility index (Phi) is 6.76. The fraction of sp³-hybridized carbons (Fsp3) is 0.579. The molecule has 4 nitrogen and oxygen atoms in total. The van der Waals surface area contributed by atoms with Crippen molar-refractivity contribution in [2.45, 2.75) is 39.7 Å². The van der Waals surface area contributed by atoms with E-state index in [0.29, 0.717) is 30.7 Å². The van der Waals surface area contributed by atoms with Crippen LogP contribution < -0.4 is 10.6 Å². The summed E-state index contributed by atoms with van der Waals surface area (Å²) in [7, 11) is 0. The summed E-state index contributed by atoms with van der Waals surface area (Å²) in [5, 5.41) is 6.94. The number of hydrogen-bond donors (Lipinski definition) is 2.